The van der Waals surface area contributed by atoms with Gasteiger partial charge in [-0.15, -0.1) is 0 Å². The topological polar surface area (TPSA) is 105 Å². The van der Waals surface area contributed by atoms with E-state index in [-0.39, 0.29) is 34.2 Å². The smallest absolute Gasteiger partial charge is 0.357 e. The van der Waals surface area contributed by atoms with Crippen molar-refractivity contribution in [1.29, 1.82) is 0 Å². The summed E-state index contributed by atoms with van der Waals surface area (Å²) >= 11 is 0. The molecular formula is C27H32N4O5. The molecular weight excluding hydrogens is 460 g/mol. The van der Waals surface area contributed by atoms with E-state index < -0.39 is 5.63 Å². The molecule has 3 aromatic rings. The molecule has 0 bridgehead atoms. The summed E-state index contributed by atoms with van der Waals surface area (Å²) in [6.07, 6.45) is 0. The van der Waals surface area contributed by atoms with Crippen molar-refractivity contribution in [3.8, 4) is 11.5 Å². The molecule has 1 N–H and O–H groups in total. The number of anilines is 2. The highest BCUT2D eigenvalue weighted by atomic mass is 16.5. The lowest BCUT2D eigenvalue weighted by Crippen LogP contribution is -2.32. The summed E-state index contributed by atoms with van der Waals surface area (Å²) in [6, 6.07) is 3.61. The number of amides is 2. The first-order valence-electron chi connectivity index (χ1n) is 12.3. The molecule has 1 aliphatic rings. The van der Waals surface area contributed by atoms with Crippen LogP contribution in [-0.4, -0.2) is 52.8 Å². The average Bonchev–Trinajstić information content (AvgIpc) is 2.86. The molecule has 9 heteroatoms. The number of carbonyl (C=O) groups is 2. The van der Waals surface area contributed by atoms with Crippen molar-refractivity contribution in [1.82, 2.24) is 14.8 Å². The van der Waals surface area contributed by atoms with Gasteiger partial charge >= 0.3 is 5.63 Å². The van der Waals surface area contributed by atoms with Crippen molar-refractivity contribution in [3.05, 3.63) is 50.5 Å². The number of ether oxygens (including phenoxy) is 1. The third kappa shape index (κ3) is 3.88. The van der Waals surface area contributed by atoms with Gasteiger partial charge in [0.1, 0.15) is 11.2 Å². The van der Waals surface area contributed by atoms with Gasteiger partial charge in [0.05, 0.1) is 22.5 Å². The highest BCUT2D eigenvalue weighted by molar-refractivity contribution is 6.14. The number of benzene rings is 2. The van der Waals surface area contributed by atoms with E-state index in [9.17, 15) is 14.4 Å². The van der Waals surface area contributed by atoms with E-state index in [0.29, 0.717) is 60.2 Å². The summed E-state index contributed by atoms with van der Waals surface area (Å²) in [5.41, 5.74) is 3.03. The molecule has 0 atom stereocenters. The van der Waals surface area contributed by atoms with Crippen LogP contribution in [0, 0.1) is 20.8 Å². The normalized spacial score (nSPS) is 11.9. The van der Waals surface area contributed by atoms with E-state index >= 15 is 0 Å². The van der Waals surface area contributed by atoms with Gasteiger partial charge in [-0.05, 0) is 60.1 Å². The maximum absolute atomic E-state index is 13.8. The fraction of sp³-hybridized carbons (Fsp3) is 0.407. The van der Waals surface area contributed by atoms with Crippen LogP contribution in [0.15, 0.2) is 21.3 Å². The van der Waals surface area contributed by atoms with Gasteiger partial charge in [-0.1, -0.05) is 6.07 Å². The van der Waals surface area contributed by atoms with E-state index in [2.05, 4.69) is 10.3 Å². The maximum atomic E-state index is 13.8. The lowest BCUT2D eigenvalue weighted by atomic mass is 9.99. The van der Waals surface area contributed by atoms with Crippen LogP contribution in [-0.2, 0) is 0 Å². The number of nitrogens with one attached hydrogen (secondary N) is 1. The van der Waals surface area contributed by atoms with Crippen LogP contribution in [0.3, 0.4) is 0 Å². The minimum Gasteiger partial charge on any atom is -0.452 e. The fourth-order valence-electron chi connectivity index (χ4n) is 4.58. The second-order valence-electron chi connectivity index (χ2n) is 8.78. The zero-order valence-electron chi connectivity index (χ0n) is 21.9. The van der Waals surface area contributed by atoms with Crippen LogP contribution in [0.4, 0.5) is 11.4 Å². The van der Waals surface area contributed by atoms with E-state index in [4.69, 9.17) is 9.15 Å². The lowest BCUT2D eigenvalue weighted by molar-refractivity contribution is 0.0767. The van der Waals surface area contributed by atoms with E-state index in [1.807, 2.05) is 40.7 Å². The summed E-state index contributed by atoms with van der Waals surface area (Å²) < 4.78 is 12.0. The molecule has 0 aliphatic carbocycles. The first-order valence-corrected chi connectivity index (χ1v) is 12.3. The Morgan fingerprint density at radius 2 is 1.50 bits per heavy atom. The van der Waals surface area contributed by atoms with Gasteiger partial charge in [0.2, 0.25) is 0 Å². The first-order chi connectivity index (χ1) is 17.2. The standard InChI is InChI=1S/C27H32N4O5/c1-8-30(9-2)25(32)17-13-12-14(5)22-19(17)29-21-18(26(33)31(10-3)11-4)20-24(15(6)23(21)35-22)36-27(34)16(7)28-20/h12-13,29H,8-11H2,1-7H3. The Kier molecular flexibility index (Phi) is 6.75. The Morgan fingerprint density at radius 3 is 2.11 bits per heavy atom. The van der Waals surface area contributed by atoms with Gasteiger partial charge in [0.15, 0.2) is 17.1 Å². The molecule has 2 heterocycles. The zero-order chi connectivity index (χ0) is 26.3. The van der Waals surface area contributed by atoms with Gasteiger partial charge in [-0.2, -0.15) is 0 Å². The molecule has 1 aromatic heterocycles. The second-order valence-corrected chi connectivity index (χ2v) is 8.78. The van der Waals surface area contributed by atoms with Crippen molar-refractivity contribution in [2.75, 3.05) is 31.5 Å². The summed E-state index contributed by atoms with van der Waals surface area (Å²) in [6.45, 7) is 14.9. The molecule has 1 aliphatic heterocycles. The minimum absolute atomic E-state index is 0.134. The largest absolute Gasteiger partial charge is 0.452 e. The zero-order valence-corrected chi connectivity index (χ0v) is 21.9. The fourth-order valence-corrected chi connectivity index (χ4v) is 4.58. The number of aryl methyl sites for hydroxylation is 3. The quantitative estimate of drug-likeness (QED) is 0.407. The van der Waals surface area contributed by atoms with Crippen molar-refractivity contribution in [3.63, 3.8) is 0 Å². The first kappa shape index (κ1) is 25.2. The van der Waals surface area contributed by atoms with Crippen LogP contribution < -0.4 is 15.7 Å². The number of hydrogen-bond donors (Lipinski definition) is 1. The highest BCUT2D eigenvalue weighted by Gasteiger charge is 2.34. The van der Waals surface area contributed by atoms with E-state index in [1.165, 1.54) is 0 Å². The predicted molar refractivity (Wildman–Crippen MR) is 139 cm³/mol. The summed E-state index contributed by atoms with van der Waals surface area (Å²) in [5.74, 6) is 0.456. The molecule has 2 aromatic carbocycles. The van der Waals surface area contributed by atoms with Gasteiger partial charge in [0.25, 0.3) is 11.8 Å². The number of hydrogen-bond acceptors (Lipinski definition) is 7. The van der Waals surface area contributed by atoms with Crippen molar-refractivity contribution in [2.24, 2.45) is 0 Å². The van der Waals surface area contributed by atoms with Crippen molar-refractivity contribution in [2.45, 2.75) is 48.5 Å². The van der Waals surface area contributed by atoms with Crippen LogP contribution in [0.5, 0.6) is 11.5 Å². The van der Waals surface area contributed by atoms with Gasteiger partial charge < -0.3 is 24.3 Å². The Hall–Kier alpha value is -3.88. The molecule has 190 valence electrons. The molecule has 2 amide bonds. The third-order valence-electron chi connectivity index (χ3n) is 6.73. The van der Waals surface area contributed by atoms with Crippen LogP contribution in [0.25, 0.3) is 11.1 Å². The number of nitrogens with zero attached hydrogens (tertiary/aromatic N) is 3. The van der Waals surface area contributed by atoms with Crippen LogP contribution in [0.2, 0.25) is 0 Å². The Morgan fingerprint density at radius 1 is 0.889 bits per heavy atom. The van der Waals surface area contributed by atoms with E-state index in [0.717, 1.165) is 5.56 Å². The van der Waals surface area contributed by atoms with Gasteiger partial charge in [0, 0.05) is 31.7 Å². The number of rotatable bonds is 6. The Balaban J connectivity index is 2.05. The number of fused-ring (bicyclic) bond motifs is 3. The average molecular weight is 493 g/mol. The molecule has 4 rings (SSSR count). The van der Waals surface area contributed by atoms with E-state index in [1.54, 1.807) is 29.7 Å². The molecule has 0 unspecified atom stereocenters. The molecule has 0 spiro atoms. The summed E-state index contributed by atoms with van der Waals surface area (Å²) in [7, 11) is 0. The molecule has 36 heavy (non-hydrogen) atoms. The molecule has 0 radical (unpaired) electrons. The maximum Gasteiger partial charge on any atom is 0.357 e. The third-order valence-corrected chi connectivity index (χ3v) is 6.73. The highest BCUT2D eigenvalue weighted by Crippen LogP contribution is 2.50. The number of aromatic nitrogens is 1. The lowest BCUT2D eigenvalue weighted by Gasteiger charge is -2.30. The molecule has 0 saturated carbocycles. The van der Waals surface area contributed by atoms with Crippen molar-refractivity contribution < 1.29 is 18.7 Å². The second kappa shape index (κ2) is 9.64. The molecule has 0 saturated heterocycles. The monoisotopic (exact) mass is 492 g/mol. The Labute approximate surface area is 210 Å². The van der Waals surface area contributed by atoms with Gasteiger partial charge in [-0.3, -0.25) is 9.59 Å². The number of carbonyl (C=O) groups excluding carboxylic acids is 2. The van der Waals surface area contributed by atoms with Crippen LogP contribution in [0.1, 0.15) is 65.2 Å². The summed E-state index contributed by atoms with van der Waals surface area (Å²) in [4.78, 5) is 47.4. The SMILES string of the molecule is CCN(CC)C(=O)c1ccc(C)c2c1Nc1c(c(C)c3oc(=O)c(C)nc3c1C(=O)N(CC)CC)O2. The molecule has 9 nitrogen and oxygen atoms in total. The van der Waals surface area contributed by atoms with Gasteiger partial charge in [-0.25, -0.2) is 9.78 Å². The Bertz CT molecular complexity index is 1430. The van der Waals surface area contributed by atoms with Crippen LogP contribution >= 0.6 is 0 Å². The predicted octanol–water partition coefficient (Wildman–Crippen LogP) is 4.93. The van der Waals surface area contributed by atoms with Crippen molar-refractivity contribution >= 4 is 34.3 Å². The molecule has 0 fully saturated rings. The summed E-state index contributed by atoms with van der Waals surface area (Å²) in [5, 5.41) is 3.37. The minimum atomic E-state index is -0.570.